The number of halogens is 2. The van der Waals surface area contributed by atoms with Gasteiger partial charge in [-0.05, 0) is 38.1 Å². The lowest BCUT2D eigenvalue weighted by atomic mass is 9.88. The summed E-state index contributed by atoms with van der Waals surface area (Å²) in [7, 11) is 0. The molecule has 0 saturated carbocycles. The first-order valence-electron chi connectivity index (χ1n) is 6.18. The van der Waals surface area contributed by atoms with Gasteiger partial charge in [0, 0.05) is 18.0 Å². The minimum atomic E-state index is -0.957. The SMILES string of the molecule is O=C1N=CC2(CCNCC2)N1c1ccc(F)c(F)c1. The molecule has 1 N–H and O–H groups in total. The van der Waals surface area contributed by atoms with Crippen LogP contribution in [0.25, 0.3) is 0 Å². The van der Waals surface area contributed by atoms with Crippen molar-refractivity contribution in [3.8, 4) is 0 Å². The molecule has 2 aliphatic heterocycles. The van der Waals surface area contributed by atoms with E-state index in [0.717, 1.165) is 25.2 Å². The minimum Gasteiger partial charge on any atom is -0.317 e. The number of hydrogen-bond acceptors (Lipinski definition) is 2. The lowest BCUT2D eigenvalue weighted by molar-refractivity contribution is 0.250. The first kappa shape index (κ1) is 12.2. The zero-order chi connectivity index (χ0) is 13.5. The fourth-order valence-electron chi connectivity index (χ4n) is 2.69. The van der Waals surface area contributed by atoms with Gasteiger partial charge in [-0.1, -0.05) is 0 Å². The molecule has 3 rings (SSSR count). The lowest BCUT2D eigenvalue weighted by Crippen LogP contribution is -2.54. The molecule has 1 saturated heterocycles. The Labute approximate surface area is 109 Å². The Bertz CT molecular complexity index is 553. The summed E-state index contributed by atoms with van der Waals surface area (Å²) in [5.74, 6) is -1.88. The number of nitrogens with one attached hydrogen (secondary N) is 1. The van der Waals surface area contributed by atoms with Crippen molar-refractivity contribution in [3.63, 3.8) is 0 Å². The van der Waals surface area contributed by atoms with Crippen LogP contribution in [0.2, 0.25) is 0 Å². The van der Waals surface area contributed by atoms with Gasteiger partial charge in [-0.3, -0.25) is 4.90 Å². The van der Waals surface area contributed by atoms with Crippen LogP contribution in [0.3, 0.4) is 0 Å². The second kappa shape index (κ2) is 4.38. The Hall–Kier alpha value is -1.82. The van der Waals surface area contributed by atoms with E-state index in [0.29, 0.717) is 18.5 Å². The summed E-state index contributed by atoms with van der Waals surface area (Å²) in [6.45, 7) is 1.53. The van der Waals surface area contributed by atoms with Crippen LogP contribution >= 0.6 is 0 Å². The fourth-order valence-corrected chi connectivity index (χ4v) is 2.69. The standard InChI is InChI=1S/C13H13F2N3O/c14-10-2-1-9(7-11(10)15)18-12(19)17-8-13(18)3-5-16-6-4-13/h1-2,7-8,16H,3-6H2. The number of nitrogens with zero attached hydrogens (tertiary/aromatic N) is 2. The van der Waals surface area contributed by atoms with Crippen molar-refractivity contribution in [2.75, 3.05) is 18.0 Å². The predicted octanol–water partition coefficient (Wildman–Crippen LogP) is 2.10. The van der Waals surface area contributed by atoms with Crippen molar-refractivity contribution in [2.45, 2.75) is 18.4 Å². The predicted molar refractivity (Wildman–Crippen MR) is 67.6 cm³/mol. The van der Waals surface area contributed by atoms with E-state index in [1.54, 1.807) is 6.21 Å². The van der Waals surface area contributed by atoms with Crippen molar-refractivity contribution in [3.05, 3.63) is 29.8 Å². The largest absolute Gasteiger partial charge is 0.348 e. The Kier molecular flexibility index (Phi) is 2.82. The van der Waals surface area contributed by atoms with Gasteiger partial charge in [0.25, 0.3) is 0 Å². The van der Waals surface area contributed by atoms with Crippen molar-refractivity contribution in [1.29, 1.82) is 0 Å². The van der Waals surface area contributed by atoms with E-state index < -0.39 is 23.2 Å². The number of anilines is 1. The van der Waals surface area contributed by atoms with E-state index in [4.69, 9.17) is 0 Å². The molecule has 0 atom stereocenters. The highest BCUT2D eigenvalue weighted by molar-refractivity contribution is 6.08. The molecular weight excluding hydrogens is 252 g/mol. The molecule has 2 heterocycles. The van der Waals surface area contributed by atoms with Crippen molar-refractivity contribution >= 4 is 17.9 Å². The van der Waals surface area contributed by atoms with Gasteiger partial charge in [0.05, 0.1) is 5.54 Å². The highest BCUT2D eigenvalue weighted by atomic mass is 19.2. The Balaban J connectivity index is 2.01. The molecule has 2 amide bonds. The van der Waals surface area contributed by atoms with Gasteiger partial charge >= 0.3 is 6.03 Å². The number of aliphatic imine (C=N–C) groups is 1. The Morgan fingerprint density at radius 1 is 1.21 bits per heavy atom. The van der Waals surface area contributed by atoms with Gasteiger partial charge in [-0.15, -0.1) is 0 Å². The maximum absolute atomic E-state index is 13.3. The van der Waals surface area contributed by atoms with Crippen molar-refractivity contribution in [1.82, 2.24) is 5.32 Å². The van der Waals surface area contributed by atoms with Crippen LogP contribution in [-0.4, -0.2) is 30.9 Å². The molecule has 0 bridgehead atoms. The van der Waals surface area contributed by atoms with E-state index in [1.165, 1.54) is 11.0 Å². The molecule has 1 aromatic rings. The Morgan fingerprint density at radius 3 is 2.63 bits per heavy atom. The number of hydrogen-bond donors (Lipinski definition) is 1. The highest BCUT2D eigenvalue weighted by Crippen LogP contribution is 2.34. The summed E-state index contributed by atoms with van der Waals surface area (Å²) in [6.07, 6.45) is 3.06. The molecular formula is C13H13F2N3O. The third-order valence-corrected chi connectivity index (χ3v) is 3.68. The normalized spacial score (nSPS) is 21.4. The summed E-state index contributed by atoms with van der Waals surface area (Å²) in [4.78, 5) is 17.2. The third-order valence-electron chi connectivity index (χ3n) is 3.68. The van der Waals surface area contributed by atoms with Crippen molar-refractivity contribution in [2.24, 2.45) is 4.99 Å². The smallest absolute Gasteiger partial charge is 0.317 e. The average Bonchev–Trinajstić information content (AvgIpc) is 2.71. The van der Waals surface area contributed by atoms with Crippen LogP contribution in [0.15, 0.2) is 23.2 Å². The number of carbonyl (C=O) groups is 1. The van der Waals surface area contributed by atoms with E-state index in [2.05, 4.69) is 10.3 Å². The number of urea groups is 1. The number of carbonyl (C=O) groups excluding carboxylic acids is 1. The molecule has 0 aromatic heterocycles. The molecule has 0 unspecified atom stereocenters. The highest BCUT2D eigenvalue weighted by Gasteiger charge is 2.44. The van der Waals surface area contributed by atoms with Crippen molar-refractivity contribution < 1.29 is 13.6 Å². The lowest BCUT2D eigenvalue weighted by Gasteiger charge is -2.39. The maximum atomic E-state index is 13.3. The van der Waals surface area contributed by atoms with E-state index in [1.807, 2.05) is 0 Å². The number of piperidine rings is 1. The van der Waals surface area contributed by atoms with Gasteiger partial charge in [-0.2, -0.15) is 0 Å². The van der Waals surface area contributed by atoms with Gasteiger partial charge < -0.3 is 5.32 Å². The average molecular weight is 265 g/mol. The summed E-state index contributed by atoms with van der Waals surface area (Å²) < 4.78 is 26.3. The van der Waals surface area contributed by atoms with Crippen LogP contribution in [0.5, 0.6) is 0 Å². The number of rotatable bonds is 1. The molecule has 6 heteroatoms. The number of benzene rings is 1. The second-order valence-corrected chi connectivity index (χ2v) is 4.83. The Morgan fingerprint density at radius 2 is 1.95 bits per heavy atom. The fraction of sp³-hybridized carbons (Fsp3) is 0.385. The van der Waals surface area contributed by atoms with Gasteiger partial charge in [0.1, 0.15) is 0 Å². The monoisotopic (exact) mass is 265 g/mol. The second-order valence-electron chi connectivity index (χ2n) is 4.83. The molecule has 0 aliphatic carbocycles. The molecule has 0 radical (unpaired) electrons. The van der Waals surface area contributed by atoms with Crippen LogP contribution < -0.4 is 10.2 Å². The van der Waals surface area contributed by atoms with Gasteiger partial charge in [0.2, 0.25) is 0 Å². The molecule has 2 aliphatic rings. The summed E-state index contributed by atoms with van der Waals surface area (Å²) in [6, 6.07) is 3.07. The minimum absolute atomic E-state index is 0.350. The quantitative estimate of drug-likeness (QED) is 0.845. The van der Waals surface area contributed by atoms with Crippen LogP contribution in [0.4, 0.5) is 19.3 Å². The first-order valence-corrected chi connectivity index (χ1v) is 6.18. The molecule has 100 valence electrons. The van der Waals surface area contributed by atoms with Crippen LogP contribution in [-0.2, 0) is 0 Å². The van der Waals surface area contributed by atoms with E-state index in [-0.39, 0.29) is 0 Å². The molecule has 1 fully saturated rings. The van der Waals surface area contributed by atoms with Gasteiger partial charge in [-0.25, -0.2) is 18.6 Å². The van der Waals surface area contributed by atoms with E-state index in [9.17, 15) is 13.6 Å². The van der Waals surface area contributed by atoms with E-state index >= 15 is 0 Å². The number of amides is 2. The topological polar surface area (TPSA) is 44.7 Å². The van der Waals surface area contributed by atoms with Crippen LogP contribution in [0, 0.1) is 11.6 Å². The summed E-state index contributed by atoms with van der Waals surface area (Å²) in [5.41, 5.74) is -0.157. The molecule has 19 heavy (non-hydrogen) atoms. The maximum Gasteiger partial charge on any atom is 0.348 e. The zero-order valence-electron chi connectivity index (χ0n) is 10.2. The molecule has 4 nitrogen and oxygen atoms in total. The zero-order valence-corrected chi connectivity index (χ0v) is 10.2. The van der Waals surface area contributed by atoms with Crippen LogP contribution in [0.1, 0.15) is 12.8 Å². The molecule has 1 spiro atoms. The summed E-state index contributed by atoms with van der Waals surface area (Å²) >= 11 is 0. The van der Waals surface area contributed by atoms with Gasteiger partial charge in [0.15, 0.2) is 11.6 Å². The molecule has 1 aromatic carbocycles. The third kappa shape index (κ3) is 1.92. The first-order chi connectivity index (χ1) is 9.12. The summed E-state index contributed by atoms with van der Waals surface area (Å²) in [5, 5.41) is 3.21.